The minimum absolute atomic E-state index is 0.0225. The Balaban J connectivity index is 1.55. The molecule has 0 aliphatic rings. The summed E-state index contributed by atoms with van der Waals surface area (Å²) in [5.41, 5.74) is 3.89. The van der Waals surface area contributed by atoms with E-state index < -0.39 is 11.5 Å². The SMILES string of the molecule is CC(C)(C)OC(=O)[C@H](CCCc1ccc(-c2ccccc2)cc1)CC(=O)OCc1ccccc1. The first-order chi connectivity index (χ1) is 16.3. The van der Waals surface area contributed by atoms with Gasteiger partial charge in [0.15, 0.2) is 0 Å². The van der Waals surface area contributed by atoms with Gasteiger partial charge in [-0.15, -0.1) is 0 Å². The lowest BCUT2D eigenvalue weighted by molar-refractivity contribution is -0.164. The van der Waals surface area contributed by atoms with Crippen LogP contribution in [0.2, 0.25) is 0 Å². The Bertz CT molecular complexity index is 1030. The van der Waals surface area contributed by atoms with Crippen molar-refractivity contribution in [3.05, 3.63) is 96.1 Å². The molecule has 4 heteroatoms. The van der Waals surface area contributed by atoms with E-state index in [4.69, 9.17) is 9.47 Å². The molecule has 4 nitrogen and oxygen atoms in total. The van der Waals surface area contributed by atoms with Crippen LogP contribution in [0.5, 0.6) is 0 Å². The molecule has 0 bridgehead atoms. The quantitative estimate of drug-likeness (QED) is 0.315. The first-order valence-corrected chi connectivity index (χ1v) is 11.9. The highest BCUT2D eigenvalue weighted by Gasteiger charge is 2.27. The number of esters is 2. The molecule has 3 rings (SSSR count). The minimum atomic E-state index is -0.601. The average molecular weight is 459 g/mol. The third-order valence-corrected chi connectivity index (χ3v) is 5.47. The largest absolute Gasteiger partial charge is 0.461 e. The highest BCUT2D eigenvalue weighted by molar-refractivity contribution is 5.80. The molecule has 0 saturated carbocycles. The van der Waals surface area contributed by atoms with Gasteiger partial charge >= 0.3 is 11.9 Å². The van der Waals surface area contributed by atoms with Gasteiger partial charge < -0.3 is 9.47 Å². The van der Waals surface area contributed by atoms with Crippen LogP contribution in [-0.4, -0.2) is 17.5 Å². The molecule has 0 radical (unpaired) electrons. The molecule has 0 aliphatic carbocycles. The van der Waals surface area contributed by atoms with Crippen molar-refractivity contribution in [1.29, 1.82) is 0 Å². The zero-order valence-electron chi connectivity index (χ0n) is 20.3. The number of aryl methyl sites for hydroxylation is 1. The van der Waals surface area contributed by atoms with Crippen LogP contribution < -0.4 is 0 Å². The maximum Gasteiger partial charge on any atom is 0.310 e. The van der Waals surface area contributed by atoms with Crippen LogP contribution in [0, 0.1) is 5.92 Å². The number of hydrogen-bond donors (Lipinski definition) is 0. The second-order valence-electron chi connectivity index (χ2n) is 9.54. The Morgan fingerprint density at radius 1 is 0.765 bits per heavy atom. The van der Waals surface area contributed by atoms with Crippen molar-refractivity contribution >= 4 is 11.9 Å². The van der Waals surface area contributed by atoms with Gasteiger partial charge in [-0.3, -0.25) is 9.59 Å². The summed E-state index contributed by atoms with van der Waals surface area (Å²) in [6.45, 7) is 5.71. The fourth-order valence-corrected chi connectivity index (χ4v) is 3.73. The molecule has 178 valence electrons. The molecule has 0 amide bonds. The third kappa shape index (κ3) is 8.51. The highest BCUT2D eigenvalue weighted by Crippen LogP contribution is 2.23. The Labute approximate surface area is 202 Å². The van der Waals surface area contributed by atoms with Gasteiger partial charge in [0, 0.05) is 0 Å². The van der Waals surface area contributed by atoms with Gasteiger partial charge in [-0.2, -0.15) is 0 Å². The van der Waals surface area contributed by atoms with Crippen LogP contribution >= 0.6 is 0 Å². The summed E-state index contributed by atoms with van der Waals surface area (Å²) >= 11 is 0. The smallest absolute Gasteiger partial charge is 0.310 e. The summed E-state index contributed by atoms with van der Waals surface area (Å²) < 4.78 is 11.0. The lowest BCUT2D eigenvalue weighted by atomic mass is 9.95. The topological polar surface area (TPSA) is 52.6 Å². The van der Waals surface area contributed by atoms with Gasteiger partial charge in [0.1, 0.15) is 12.2 Å². The van der Waals surface area contributed by atoms with Crippen LogP contribution in [0.15, 0.2) is 84.9 Å². The summed E-state index contributed by atoms with van der Waals surface area (Å²) in [6.07, 6.45) is 2.19. The van der Waals surface area contributed by atoms with E-state index in [9.17, 15) is 9.59 Å². The molecule has 0 N–H and O–H groups in total. The summed E-state index contributed by atoms with van der Waals surface area (Å²) in [5, 5.41) is 0. The van der Waals surface area contributed by atoms with Gasteiger partial charge in [-0.25, -0.2) is 0 Å². The van der Waals surface area contributed by atoms with E-state index in [-0.39, 0.29) is 25.0 Å². The van der Waals surface area contributed by atoms with Gasteiger partial charge in [-0.1, -0.05) is 84.9 Å². The van der Waals surface area contributed by atoms with Crippen molar-refractivity contribution in [2.24, 2.45) is 5.92 Å². The molecule has 3 aromatic carbocycles. The minimum Gasteiger partial charge on any atom is -0.461 e. The average Bonchev–Trinajstić information content (AvgIpc) is 2.83. The summed E-state index contributed by atoms with van der Waals surface area (Å²) in [6, 6.07) is 28.3. The maximum absolute atomic E-state index is 12.8. The zero-order chi connectivity index (χ0) is 24.4. The monoisotopic (exact) mass is 458 g/mol. The Morgan fingerprint density at radius 3 is 1.97 bits per heavy atom. The molecule has 0 fully saturated rings. The lowest BCUT2D eigenvalue weighted by Gasteiger charge is -2.23. The molecule has 0 aromatic heterocycles. The molecule has 0 aliphatic heterocycles. The van der Waals surface area contributed by atoms with Crippen LogP contribution in [0.1, 0.15) is 51.2 Å². The lowest BCUT2D eigenvalue weighted by Crippen LogP contribution is -2.30. The van der Waals surface area contributed by atoms with Crippen molar-refractivity contribution in [2.75, 3.05) is 0 Å². The van der Waals surface area contributed by atoms with Crippen LogP contribution in [0.25, 0.3) is 11.1 Å². The standard InChI is InChI=1S/C30H34O4/c1-30(2,3)34-29(32)27(21-28(31)33-22-24-11-6-4-7-12-24)16-10-13-23-17-19-26(20-18-23)25-14-8-5-9-15-25/h4-9,11-12,14-15,17-20,27H,10,13,16,21-22H2,1-3H3/t27-/m1/s1. The van der Waals surface area contributed by atoms with Gasteiger partial charge in [0.2, 0.25) is 0 Å². The number of hydrogen-bond acceptors (Lipinski definition) is 4. The third-order valence-electron chi connectivity index (χ3n) is 5.47. The molecular formula is C30H34O4. The first kappa shape index (κ1) is 25.2. The maximum atomic E-state index is 12.8. The molecule has 0 saturated heterocycles. The van der Waals surface area contributed by atoms with E-state index in [1.807, 2.05) is 69.3 Å². The van der Waals surface area contributed by atoms with Crippen molar-refractivity contribution in [3.8, 4) is 11.1 Å². The predicted octanol–water partition coefficient (Wildman–Crippen LogP) is 6.77. The number of ether oxygens (including phenoxy) is 2. The van der Waals surface area contributed by atoms with E-state index in [1.54, 1.807) is 0 Å². The summed E-state index contributed by atoms with van der Waals surface area (Å²) in [4.78, 5) is 25.3. The van der Waals surface area contributed by atoms with E-state index in [0.29, 0.717) is 6.42 Å². The number of carbonyl (C=O) groups is 2. The van der Waals surface area contributed by atoms with Crippen LogP contribution in [0.3, 0.4) is 0 Å². The van der Waals surface area contributed by atoms with Gasteiger partial charge in [-0.05, 0) is 62.3 Å². The molecule has 0 heterocycles. The van der Waals surface area contributed by atoms with Crippen molar-refractivity contribution in [3.63, 3.8) is 0 Å². The zero-order valence-corrected chi connectivity index (χ0v) is 20.3. The van der Waals surface area contributed by atoms with Gasteiger partial charge in [0.05, 0.1) is 12.3 Å². The molecule has 0 spiro atoms. The number of rotatable bonds is 10. The van der Waals surface area contributed by atoms with Crippen LogP contribution in [0.4, 0.5) is 0 Å². The number of carbonyl (C=O) groups excluding carboxylic acids is 2. The van der Waals surface area contributed by atoms with Gasteiger partial charge in [0.25, 0.3) is 0 Å². The second-order valence-corrected chi connectivity index (χ2v) is 9.54. The Morgan fingerprint density at radius 2 is 1.35 bits per heavy atom. The van der Waals surface area contributed by atoms with Crippen molar-refractivity contribution < 1.29 is 19.1 Å². The Hall–Kier alpha value is -3.40. The Kier molecular flexibility index (Phi) is 9.03. The fraction of sp³-hybridized carbons (Fsp3) is 0.333. The fourth-order valence-electron chi connectivity index (χ4n) is 3.73. The molecule has 0 unspecified atom stereocenters. The highest BCUT2D eigenvalue weighted by atomic mass is 16.6. The van der Waals surface area contributed by atoms with Crippen LogP contribution in [-0.2, 0) is 32.1 Å². The number of benzene rings is 3. The molecular weight excluding hydrogens is 424 g/mol. The van der Waals surface area contributed by atoms with E-state index in [2.05, 4.69) is 36.4 Å². The predicted molar refractivity (Wildman–Crippen MR) is 135 cm³/mol. The van der Waals surface area contributed by atoms with Crippen molar-refractivity contribution in [2.45, 2.75) is 58.7 Å². The molecule has 1 atom stereocenters. The van der Waals surface area contributed by atoms with E-state index in [0.717, 1.165) is 18.4 Å². The molecule has 3 aromatic rings. The van der Waals surface area contributed by atoms with Crippen molar-refractivity contribution in [1.82, 2.24) is 0 Å². The van der Waals surface area contributed by atoms with E-state index in [1.165, 1.54) is 16.7 Å². The normalized spacial score (nSPS) is 12.1. The van der Waals surface area contributed by atoms with E-state index >= 15 is 0 Å². The summed E-state index contributed by atoms with van der Waals surface area (Å²) in [5.74, 6) is -1.25. The molecule has 34 heavy (non-hydrogen) atoms. The first-order valence-electron chi connectivity index (χ1n) is 11.9. The second kappa shape index (κ2) is 12.2. The summed E-state index contributed by atoms with van der Waals surface area (Å²) in [7, 11) is 0.